The third-order valence-electron chi connectivity index (χ3n) is 3.80. The summed E-state index contributed by atoms with van der Waals surface area (Å²) in [4.78, 5) is 18.9. The van der Waals surface area contributed by atoms with Gasteiger partial charge in [-0.15, -0.1) is 0 Å². The highest BCUT2D eigenvalue weighted by atomic mass is 35.5. The number of epoxide rings is 1. The molecular formula is C18H22ClN3O2. The van der Waals surface area contributed by atoms with Crippen molar-refractivity contribution in [2.45, 2.75) is 45.6 Å². The van der Waals surface area contributed by atoms with E-state index < -0.39 is 0 Å². The lowest BCUT2D eigenvalue weighted by atomic mass is 10.1. The number of ether oxygens (including phenoxy) is 1. The predicted octanol–water partition coefficient (Wildman–Crippen LogP) is 2.95. The van der Waals surface area contributed by atoms with Gasteiger partial charge in [-0.3, -0.25) is 4.79 Å². The highest BCUT2D eigenvalue weighted by Gasteiger charge is 2.48. The number of halogens is 1. The van der Waals surface area contributed by atoms with Crippen LogP contribution in [0, 0.1) is 0 Å². The Kier molecular flexibility index (Phi) is 4.40. The van der Waals surface area contributed by atoms with Crippen LogP contribution in [0.1, 0.15) is 33.3 Å². The number of hydrogen-bond acceptors (Lipinski definition) is 4. The van der Waals surface area contributed by atoms with Gasteiger partial charge in [-0.1, -0.05) is 23.7 Å². The first-order chi connectivity index (χ1) is 11.2. The highest BCUT2D eigenvalue weighted by molar-refractivity contribution is 6.31. The molecule has 128 valence electrons. The van der Waals surface area contributed by atoms with Crippen LogP contribution in [0.3, 0.4) is 0 Å². The number of rotatable bonds is 3. The Hall–Kier alpha value is -1.85. The van der Waals surface area contributed by atoms with E-state index in [0.717, 1.165) is 11.1 Å². The van der Waals surface area contributed by atoms with Gasteiger partial charge in [0.15, 0.2) is 6.23 Å². The molecule has 1 amide bonds. The summed E-state index contributed by atoms with van der Waals surface area (Å²) < 4.78 is 5.76. The topological polar surface area (TPSA) is 57.2 Å². The fraction of sp³-hybridized carbons (Fsp3) is 0.444. The molecule has 0 bridgehead atoms. The normalized spacial score (nSPS) is 23.0. The molecule has 0 aromatic heterocycles. The van der Waals surface area contributed by atoms with Gasteiger partial charge in [-0.05, 0) is 45.4 Å². The van der Waals surface area contributed by atoms with Crippen molar-refractivity contribution in [2.75, 3.05) is 6.54 Å². The Balaban J connectivity index is 1.89. The molecule has 0 radical (unpaired) electrons. The highest BCUT2D eigenvalue weighted by Crippen LogP contribution is 2.35. The summed E-state index contributed by atoms with van der Waals surface area (Å²) in [6, 6.07) is 7.48. The third-order valence-corrected chi connectivity index (χ3v) is 4.03. The van der Waals surface area contributed by atoms with Crippen LogP contribution in [0.25, 0.3) is 0 Å². The van der Waals surface area contributed by atoms with Crippen LogP contribution in [-0.4, -0.2) is 41.1 Å². The summed E-state index contributed by atoms with van der Waals surface area (Å²) >= 11 is 6.12. The van der Waals surface area contributed by atoms with E-state index in [9.17, 15) is 4.79 Å². The molecule has 1 N–H and O–H groups in total. The number of benzene rings is 1. The Labute approximate surface area is 147 Å². The van der Waals surface area contributed by atoms with Gasteiger partial charge in [0.1, 0.15) is 18.5 Å². The van der Waals surface area contributed by atoms with E-state index in [1.54, 1.807) is 0 Å². The van der Waals surface area contributed by atoms with Crippen molar-refractivity contribution in [1.82, 2.24) is 10.2 Å². The van der Waals surface area contributed by atoms with Crippen molar-refractivity contribution in [2.24, 2.45) is 4.99 Å². The molecule has 3 rings (SSSR count). The second-order valence-electron chi connectivity index (χ2n) is 7.21. The van der Waals surface area contributed by atoms with Gasteiger partial charge in [0.25, 0.3) is 0 Å². The Bertz CT molecular complexity index is 721. The maximum absolute atomic E-state index is 12.4. The molecule has 1 fully saturated rings. The number of amides is 1. The van der Waals surface area contributed by atoms with Gasteiger partial charge >= 0.3 is 0 Å². The molecule has 0 saturated carbocycles. The van der Waals surface area contributed by atoms with Gasteiger partial charge in [0, 0.05) is 22.3 Å². The summed E-state index contributed by atoms with van der Waals surface area (Å²) in [5.41, 5.74) is 1.64. The minimum atomic E-state index is -0.283. The third kappa shape index (κ3) is 3.79. The molecule has 6 heteroatoms. The lowest BCUT2D eigenvalue weighted by Gasteiger charge is -2.26. The Morgan fingerprint density at radius 2 is 2.17 bits per heavy atom. The van der Waals surface area contributed by atoms with Crippen LogP contribution >= 0.6 is 11.6 Å². The molecule has 24 heavy (non-hydrogen) atoms. The van der Waals surface area contributed by atoms with Crippen LogP contribution in [-0.2, 0) is 9.53 Å². The fourth-order valence-electron chi connectivity index (χ4n) is 2.75. The molecular weight excluding hydrogens is 326 g/mol. The lowest BCUT2D eigenvalue weighted by molar-refractivity contribution is -0.123. The van der Waals surface area contributed by atoms with Gasteiger partial charge in [0.05, 0.1) is 0 Å². The minimum absolute atomic E-state index is 0.00660. The molecule has 1 aromatic rings. The maximum Gasteiger partial charge on any atom is 0.240 e. The summed E-state index contributed by atoms with van der Waals surface area (Å²) in [6.45, 7) is 8.05. The molecule has 1 aromatic carbocycles. The van der Waals surface area contributed by atoms with Crippen LogP contribution < -0.4 is 5.32 Å². The largest absolute Gasteiger partial charge is 0.350 e. The second kappa shape index (κ2) is 6.22. The van der Waals surface area contributed by atoms with Crippen molar-refractivity contribution >= 4 is 23.3 Å². The number of carbonyl (C=O) groups excluding carboxylic acids is 1. The molecule has 0 spiro atoms. The average Bonchev–Trinajstić information content (AvgIpc) is 3.24. The first kappa shape index (κ1) is 17.0. The number of nitrogens with zero attached hydrogens (tertiary/aromatic N) is 2. The fourth-order valence-corrected chi connectivity index (χ4v) is 2.94. The summed E-state index contributed by atoms with van der Waals surface area (Å²) in [7, 11) is 0. The summed E-state index contributed by atoms with van der Waals surface area (Å²) in [6.07, 6.45) is 1.64. The van der Waals surface area contributed by atoms with E-state index in [1.165, 1.54) is 0 Å². The molecule has 2 heterocycles. The van der Waals surface area contributed by atoms with Crippen LogP contribution in [0.2, 0.25) is 5.02 Å². The zero-order valence-electron chi connectivity index (χ0n) is 14.3. The second-order valence-corrected chi connectivity index (χ2v) is 7.65. The number of fused-ring (bicyclic) bond motifs is 1. The van der Waals surface area contributed by atoms with Crippen LogP contribution in [0.4, 0.5) is 0 Å². The SMILES string of the molecule is CC1=CN=C(c2cccc(Cl)c2)N(CC(=O)NC(C)(C)C)C2OC12. The monoisotopic (exact) mass is 347 g/mol. The molecule has 5 nitrogen and oxygen atoms in total. The Morgan fingerprint density at radius 1 is 1.42 bits per heavy atom. The zero-order valence-corrected chi connectivity index (χ0v) is 15.1. The summed E-state index contributed by atoms with van der Waals surface area (Å²) in [5, 5.41) is 3.62. The molecule has 2 aliphatic heterocycles. The smallest absolute Gasteiger partial charge is 0.240 e. The first-order valence-electron chi connectivity index (χ1n) is 7.98. The summed E-state index contributed by atoms with van der Waals surface area (Å²) in [5.74, 6) is 0.636. The number of amidine groups is 1. The van der Waals surface area contributed by atoms with Gasteiger partial charge in [-0.2, -0.15) is 0 Å². The number of hydrogen-bond donors (Lipinski definition) is 1. The van der Waals surface area contributed by atoms with Gasteiger partial charge < -0.3 is 15.0 Å². The van der Waals surface area contributed by atoms with Crippen molar-refractivity contribution in [1.29, 1.82) is 0 Å². The van der Waals surface area contributed by atoms with E-state index in [1.807, 2.05) is 63.1 Å². The molecule has 1 saturated heterocycles. The van der Waals surface area contributed by atoms with E-state index in [-0.39, 0.29) is 30.3 Å². The molecule has 0 aliphatic carbocycles. The average molecular weight is 348 g/mol. The van der Waals surface area contributed by atoms with Crippen molar-refractivity contribution in [3.63, 3.8) is 0 Å². The number of aliphatic imine (C=N–C) groups is 1. The zero-order chi connectivity index (χ0) is 17.5. The van der Waals surface area contributed by atoms with Gasteiger partial charge in [-0.25, -0.2) is 4.99 Å². The first-order valence-corrected chi connectivity index (χ1v) is 8.36. The van der Waals surface area contributed by atoms with E-state index in [0.29, 0.717) is 10.9 Å². The molecule has 2 unspecified atom stereocenters. The quantitative estimate of drug-likeness (QED) is 0.855. The van der Waals surface area contributed by atoms with E-state index in [4.69, 9.17) is 16.3 Å². The van der Waals surface area contributed by atoms with Crippen LogP contribution in [0.5, 0.6) is 0 Å². The number of carbonyl (C=O) groups is 1. The maximum atomic E-state index is 12.4. The van der Waals surface area contributed by atoms with Gasteiger partial charge in [0.2, 0.25) is 5.91 Å². The molecule has 2 aliphatic rings. The Morgan fingerprint density at radius 3 is 2.83 bits per heavy atom. The number of nitrogens with one attached hydrogen (secondary N) is 1. The predicted molar refractivity (Wildman–Crippen MR) is 95.0 cm³/mol. The van der Waals surface area contributed by atoms with E-state index >= 15 is 0 Å². The standard InChI is InChI=1S/C18H22ClN3O2/c1-11-9-20-16(12-6-5-7-13(19)8-12)22(17-15(11)24-17)10-14(23)21-18(2,3)4/h5-9,15,17H,10H2,1-4H3,(H,21,23). The van der Waals surface area contributed by atoms with E-state index in [2.05, 4.69) is 10.3 Å². The van der Waals surface area contributed by atoms with Crippen molar-refractivity contribution in [3.05, 3.63) is 46.6 Å². The molecule has 2 atom stereocenters. The van der Waals surface area contributed by atoms with Crippen LogP contribution in [0.15, 0.2) is 41.0 Å². The lowest BCUT2D eigenvalue weighted by Crippen LogP contribution is -2.48. The van der Waals surface area contributed by atoms with Crippen molar-refractivity contribution < 1.29 is 9.53 Å². The minimum Gasteiger partial charge on any atom is -0.350 e. The van der Waals surface area contributed by atoms with Crippen molar-refractivity contribution in [3.8, 4) is 0 Å².